The summed E-state index contributed by atoms with van der Waals surface area (Å²) in [6.07, 6.45) is -1.30. The Morgan fingerprint density at radius 3 is 2.20 bits per heavy atom. The van der Waals surface area contributed by atoms with Crippen molar-refractivity contribution in [2.45, 2.75) is 59.3 Å². The normalized spacial score (nSPS) is 11.4. The molecule has 0 unspecified atom stereocenters. The Hall–Kier alpha value is -3.04. The molecule has 0 aliphatic heterocycles. The van der Waals surface area contributed by atoms with Crippen molar-refractivity contribution in [1.29, 1.82) is 0 Å². The number of carbonyl (C=O) groups excluding carboxylic acids is 3. The largest absolute Gasteiger partial charge is 0.618 e. The lowest BCUT2D eigenvalue weighted by Crippen LogP contribution is -2.46. The number of hydrogen-bond acceptors (Lipinski definition) is 7. The molecule has 0 saturated heterocycles. The lowest BCUT2D eigenvalue weighted by atomic mass is 10.2. The molecule has 0 saturated carbocycles. The molecule has 0 aromatic carbocycles. The topological polar surface area (TPSA) is 121 Å². The van der Waals surface area contributed by atoms with Crippen LogP contribution in [0, 0.1) is 5.21 Å². The second-order valence-electron chi connectivity index (χ2n) is 8.52. The Kier molecular flexibility index (Phi) is 8.44. The molecule has 0 radical (unpaired) electrons. The Balaban J connectivity index is 2.96. The molecular weight excluding hydrogens is 394 g/mol. The summed E-state index contributed by atoms with van der Waals surface area (Å²) in [6.45, 7) is 10.3. The van der Waals surface area contributed by atoms with E-state index in [9.17, 15) is 19.6 Å². The number of pyridine rings is 1. The minimum Gasteiger partial charge on any atom is -0.618 e. The lowest BCUT2D eigenvalue weighted by molar-refractivity contribution is -0.618. The summed E-state index contributed by atoms with van der Waals surface area (Å²) in [5.74, 6) is -0.790. The molecule has 10 nitrogen and oxygen atoms in total. The zero-order valence-corrected chi connectivity index (χ0v) is 18.6. The molecule has 1 rings (SSSR count). The first-order chi connectivity index (χ1) is 13.7. The molecule has 0 aliphatic rings. The molecule has 0 aliphatic carbocycles. The van der Waals surface area contributed by atoms with Crippen LogP contribution < -0.4 is 10.0 Å². The van der Waals surface area contributed by atoms with E-state index in [0.29, 0.717) is 4.73 Å². The second kappa shape index (κ2) is 10.1. The summed E-state index contributed by atoms with van der Waals surface area (Å²) in [4.78, 5) is 37.4. The summed E-state index contributed by atoms with van der Waals surface area (Å²) < 4.78 is 15.6. The van der Waals surface area contributed by atoms with Gasteiger partial charge in [0.05, 0.1) is 7.11 Å². The molecule has 0 atom stereocenters. The van der Waals surface area contributed by atoms with Crippen molar-refractivity contribution < 1.29 is 33.3 Å². The maximum Gasteiger partial charge on any atom is 0.410 e. The first kappa shape index (κ1) is 25.0. The van der Waals surface area contributed by atoms with Crippen molar-refractivity contribution in [1.82, 2.24) is 10.2 Å². The van der Waals surface area contributed by atoms with E-state index in [1.54, 1.807) is 41.5 Å². The van der Waals surface area contributed by atoms with E-state index in [1.807, 2.05) is 0 Å². The SMILES string of the molecule is COC(=O)c1cccc(CN(CCNC(=O)OC(C)(C)C)C(=O)OC(C)(C)C)[n+]1[O-]. The highest BCUT2D eigenvalue weighted by atomic mass is 16.6. The number of hydrogen-bond donors (Lipinski definition) is 1. The molecule has 0 spiro atoms. The highest BCUT2D eigenvalue weighted by Gasteiger charge is 2.27. The van der Waals surface area contributed by atoms with Gasteiger partial charge in [0.2, 0.25) is 5.69 Å². The fourth-order valence-corrected chi connectivity index (χ4v) is 2.28. The summed E-state index contributed by atoms with van der Waals surface area (Å²) in [5.41, 5.74) is -1.47. The van der Waals surface area contributed by atoms with Crippen LogP contribution in [0.4, 0.5) is 9.59 Å². The standard InChI is InChI=1S/C20H31N3O7/c1-19(2,3)29-17(25)21-11-12-22(18(26)30-20(4,5)6)13-14-9-8-10-15(23(14)27)16(24)28-7/h8-10H,11-13H2,1-7H3,(H,21,25). The monoisotopic (exact) mass is 425 g/mol. The van der Waals surface area contributed by atoms with Crippen molar-refractivity contribution >= 4 is 18.2 Å². The smallest absolute Gasteiger partial charge is 0.410 e. The van der Waals surface area contributed by atoms with Crippen LogP contribution in [0.25, 0.3) is 0 Å². The summed E-state index contributed by atoms with van der Waals surface area (Å²) >= 11 is 0. The molecule has 1 heterocycles. The van der Waals surface area contributed by atoms with Crippen molar-refractivity contribution in [2.75, 3.05) is 20.2 Å². The average Bonchev–Trinajstić information content (AvgIpc) is 2.58. The number of nitrogens with one attached hydrogen (secondary N) is 1. The number of carbonyl (C=O) groups is 3. The predicted octanol–water partition coefficient (Wildman–Crippen LogP) is 2.37. The van der Waals surface area contributed by atoms with Crippen LogP contribution in [-0.4, -0.2) is 54.5 Å². The Morgan fingerprint density at radius 1 is 1.07 bits per heavy atom. The summed E-state index contributed by atoms with van der Waals surface area (Å²) in [6, 6.07) is 4.32. The zero-order valence-electron chi connectivity index (χ0n) is 18.6. The number of ether oxygens (including phenoxy) is 3. The van der Waals surface area contributed by atoms with Crippen molar-refractivity contribution in [3.05, 3.63) is 34.8 Å². The maximum atomic E-state index is 12.6. The first-order valence-electron chi connectivity index (χ1n) is 9.48. The van der Waals surface area contributed by atoms with Crippen LogP contribution in [0.3, 0.4) is 0 Å². The van der Waals surface area contributed by atoms with Gasteiger partial charge in [-0.3, -0.25) is 4.90 Å². The van der Waals surface area contributed by atoms with Crippen LogP contribution in [0.1, 0.15) is 57.7 Å². The molecule has 0 fully saturated rings. The number of amides is 2. The third kappa shape index (κ3) is 8.54. The van der Waals surface area contributed by atoms with E-state index in [-0.39, 0.29) is 31.0 Å². The predicted molar refractivity (Wildman–Crippen MR) is 108 cm³/mol. The van der Waals surface area contributed by atoms with Crippen molar-refractivity contribution in [3.8, 4) is 0 Å². The quantitative estimate of drug-likeness (QED) is 0.321. The average molecular weight is 425 g/mol. The molecule has 2 amide bonds. The van der Waals surface area contributed by atoms with Gasteiger partial charge in [-0.15, -0.1) is 0 Å². The number of esters is 1. The molecule has 1 N–H and O–H groups in total. The van der Waals surface area contributed by atoms with E-state index in [4.69, 9.17) is 9.47 Å². The van der Waals surface area contributed by atoms with E-state index in [2.05, 4.69) is 10.1 Å². The molecular formula is C20H31N3O7. The highest BCUT2D eigenvalue weighted by molar-refractivity contribution is 5.85. The zero-order chi connectivity index (χ0) is 23.1. The van der Waals surface area contributed by atoms with Crippen molar-refractivity contribution in [2.24, 2.45) is 0 Å². The number of aromatic nitrogens is 1. The number of alkyl carbamates (subject to hydrolysis) is 1. The van der Waals surface area contributed by atoms with Gasteiger partial charge in [0.1, 0.15) is 17.7 Å². The van der Waals surface area contributed by atoms with Crippen LogP contribution in [0.5, 0.6) is 0 Å². The molecule has 10 heteroatoms. The molecule has 1 aromatic rings. The minimum atomic E-state index is -0.790. The van der Waals surface area contributed by atoms with E-state index in [0.717, 1.165) is 0 Å². The Morgan fingerprint density at radius 2 is 1.67 bits per heavy atom. The number of methoxy groups -OCH3 is 1. The number of nitrogens with zero attached hydrogens (tertiary/aromatic N) is 2. The molecule has 0 bridgehead atoms. The Bertz CT molecular complexity index is 767. The van der Waals surface area contributed by atoms with Crippen LogP contribution >= 0.6 is 0 Å². The summed E-state index contributed by atoms with van der Waals surface area (Å²) in [5, 5.41) is 15.1. The second-order valence-corrected chi connectivity index (χ2v) is 8.52. The highest BCUT2D eigenvalue weighted by Crippen LogP contribution is 2.12. The van der Waals surface area contributed by atoms with Gasteiger partial charge in [-0.2, -0.15) is 4.73 Å². The van der Waals surface area contributed by atoms with Gasteiger partial charge in [0.15, 0.2) is 0 Å². The van der Waals surface area contributed by atoms with Gasteiger partial charge in [-0.1, -0.05) is 0 Å². The summed E-state index contributed by atoms with van der Waals surface area (Å²) in [7, 11) is 1.17. The van der Waals surface area contributed by atoms with E-state index < -0.39 is 29.4 Å². The van der Waals surface area contributed by atoms with Crippen LogP contribution in [-0.2, 0) is 20.8 Å². The van der Waals surface area contributed by atoms with Crippen molar-refractivity contribution in [3.63, 3.8) is 0 Å². The Labute approximate surface area is 176 Å². The molecule has 1 aromatic heterocycles. The van der Waals surface area contributed by atoms with Gasteiger partial charge in [-0.25, -0.2) is 14.4 Å². The van der Waals surface area contributed by atoms with Gasteiger partial charge in [0.25, 0.3) is 0 Å². The van der Waals surface area contributed by atoms with E-state index >= 15 is 0 Å². The maximum absolute atomic E-state index is 12.6. The van der Waals surface area contributed by atoms with E-state index in [1.165, 1.54) is 30.2 Å². The van der Waals surface area contributed by atoms with Gasteiger partial charge < -0.3 is 24.7 Å². The van der Waals surface area contributed by atoms with Crippen LogP contribution in [0.15, 0.2) is 18.2 Å². The first-order valence-corrected chi connectivity index (χ1v) is 9.48. The van der Waals surface area contributed by atoms with Gasteiger partial charge >= 0.3 is 23.8 Å². The third-order valence-corrected chi connectivity index (χ3v) is 3.47. The number of rotatable bonds is 6. The molecule has 168 valence electrons. The molecule has 30 heavy (non-hydrogen) atoms. The minimum absolute atomic E-state index is 0.0522. The third-order valence-electron chi connectivity index (χ3n) is 3.47. The fraction of sp³-hybridized carbons (Fsp3) is 0.600. The van der Waals surface area contributed by atoms with Crippen LogP contribution in [0.2, 0.25) is 0 Å². The lowest BCUT2D eigenvalue weighted by Gasteiger charge is -2.27. The van der Waals surface area contributed by atoms with Gasteiger partial charge in [-0.05, 0) is 47.6 Å². The van der Waals surface area contributed by atoms with Gasteiger partial charge in [0, 0.05) is 25.2 Å². The fourth-order valence-electron chi connectivity index (χ4n) is 2.28.